The van der Waals surface area contributed by atoms with Crippen LogP contribution < -0.4 is 9.47 Å². The van der Waals surface area contributed by atoms with E-state index in [1.165, 1.54) is 6.42 Å². The van der Waals surface area contributed by atoms with Crippen molar-refractivity contribution in [1.29, 1.82) is 0 Å². The van der Waals surface area contributed by atoms with Crippen LogP contribution in [0.5, 0.6) is 11.8 Å². The van der Waals surface area contributed by atoms with Gasteiger partial charge in [0, 0.05) is 36.5 Å². The lowest BCUT2D eigenvalue weighted by Crippen LogP contribution is -2.35. The lowest BCUT2D eigenvalue weighted by molar-refractivity contribution is 0.0719. The molecule has 0 saturated carbocycles. The smallest absolute Gasteiger partial charge is 0.270 e. The summed E-state index contributed by atoms with van der Waals surface area (Å²) >= 11 is 0. The Labute approximate surface area is 135 Å². The number of aromatic nitrogens is 2. The second-order valence-electron chi connectivity index (χ2n) is 5.57. The van der Waals surface area contributed by atoms with Gasteiger partial charge >= 0.3 is 0 Å². The summed E-state index contributed by atoms with van der Waals surface area (Å²) in [7, 11) is 3.13. The molecule has 1 amide bonds. The molecule has 2 aromatic heterocycles. The second-order valence-corrected chi connectivity index (χ2v) is 5.57. The number of rotatable bonds is 4. The monoisotopic (exact) mass is 315 g/mol. The number of methoxy groups -OCH3 is 2. The van der Waals surface area contributed by atoms with Gasteiger partial charge in [-0.25, -0.2) is 0 Å². The lowest BCUT2D eigenvalue weighted by Gasteiger charge is -2.26. The van der Waals surface area contributed by atoms with E-state index in [-0.39, 0.29) is 5.91 Å². The van der Waals surface area contributed by atoms with Gasteiger partial charge in [-0.05, 0) is 31.4 Å². The number of H-pyrrole nitrogens is 1. The molecule has 0 spiro atoms. The maximum absolute atomic E-state index is 12.5. The molecule has 2 aromatic rings. The molecule has 6 nitrogen and oxygen atoms in total. The number of nitrogens with one attached hydrogen (secondary N) is 1. The fourth-order valence-corrected chi connectivity index (χ4v) is 2.85. The maximum atomic E-state index is 12.5. The average Bonchev–Trinajstić information content (AvgIpc) is 3.11. The standard InChI is InChI=1S/C17H21N3O3/c1-22-15-7-6-13(16(19-15)23-2)12-10-14(18-11-12)17(21)20-8-4-3-5-9-20/h6-7,10-11,18H,3-5,8-9H2,1-2H3. The Morgan fingerprint density at radius 2 is 1.96 bits per heavy atom. The molecule has 0 aliphatic carbocycles. The summed E-state index contributed by atoms with van der Waals surface area (Å²) in [5.74, 6) is 1.02. The minimum Gasteiger partial charge on any atom is -0.481 e. The Kier molecular flexibility index (Phi) is 4.50. The van der Waals surface area contributed by atoms with Crippen molar-refractivity contribution in [2.75, 3.05) is 27.3 Å². The molecule has 0 radical (unpaired) electrons. The van der Waals surface area contributed by atoms with E-state index < -0.39 is 0 Å². The number of hydrogen-bond donors (Lipinski definition) is 1. The van der Waals surface area contributed by atoms with Gasteiger partial charge in [0.1, 0.15) is 5.69 Å². The van der Waals surface area contributed by atoms with Gasteiger partial charge in [0.05, 0.1) is 14.2 Å². The molecule has 1 N–H and O–H groups in total. The molecule has 1 aliphatic heterocycles. The molecule has 23 heavy (non-hydrogen) atoms. The Morgan fingerprint density at radius 1 is 1.17 bits per heavy atom. The number of nitrogens with zero attached hydrogens (tertiary/aromatic N) is 2. The largest absolute Gasteiger partial charge is 0.481 e. The van der Waals surface area contributed by atoms with E-state index in [0.29, 0.717) is 17.5 Å². The van der Waals surface area contributed by atoms with Crippen LogP contribution in [0.2, 0.25) is 0 Å². The van der Waals surface area contributed by atoms with E-state index in [9.17, 15) is 4.79 Å². The molecule has 0 aromatic carbocycles. The summed E-state index contributed by atoms with van der Waals surface area (Å²) in [6.45, 7) is 1.67. The van der Waals surface area contributed by atoms with Crippen molar-refractivity contribution in [1.82, 2.24) is 14.9 Å². The zero-order chi connectivity index (χ0) is 16.2. The molecule has 0 bridgehead atoms. The fraction of sp³-hybridized carbons (Fsp3) is 0.412. The van der Waals surface area contributed by atoms with Gasteiger partial charge in [0.15, 0.2) is 0 Å². The van der Waals surface area contributed by atoms with Gasteiger partial charge in [0.25, 0.3) is 5.91 Å². The van der Waals surface area contributed by atoms with Crippen LogP contribution in [0.4, 0.5) is 0 Å². The molecular weight excluding hydrogens is 294 g/mol. The Bertz CT molecular complexity index is 690. The molecule has 3 rings (SSSR count). The summed E-state index contributed by atoms with van der Waals surface area (Å²) in [5, 5.41) is 0. The van der Waals surface area contributed by atoms with E-state index in [1.807, 2.05) is 23.2 Å². The van der Waals surface area contributed by atoms with Crippen LogP contribution in [-0.4, -0.2) is 48.1 Å². The van der Waals surface area contributed by atoms with Gasteiger partial charge in [-0.15, -0.1) is 0 Å². The summed E-state index contributed by atoms with van der Waals surface area (Å²) < 4.78 is 10.4. The third kappa shape index (κ3) is 3.16. The summed E-state index contributed by atoms with van der Waals surface area (Å²) in [4.78, 5) is 21.8. The SMILES string of the molecule is COc1ccc(-c2c[nH]c(C(=O)N3CCCCC3)c2)c(OC)n1. The van der Waals surface area contributed by atoms with Crippen LogP contribution in [0, 0.1) is 0 Å². The molecule has 1 aliphatic rings. The van der Waals surface area contributed by atoms with Crippen molar-refractivity contribution < 1.29 is 14.3 Å². The zero-order valence-electron chi connectivity index (χ0n) is 13.5. The van der Waals surface area contributed by atoms with Gasteiger partial charge in [-0.1, -0.05) is 0 Å². The van der Waals surface area contributed by atoms with Crippen molar-refractivity contribution in [2.45, 2.75) is 19.3 Å². The number of carbonyl (C=O) groups excluding carboxylic acids is 1. The summed E-state index contributed by atoms with van der Waals surface area (Å²) in [6.07, 6.45) is 5.17. The van der Waals surface area contributed by atoms with Gasteiger partial charge in [-0.3, -0.25) is 4.79 Å². The molecule has 0 atom stereocenters. The van der Waals surface area contributed by atoms with E-state index in [1.54, 1.807) is 20.3 Å². The van der Waals surface area contributed by atoms with Crippen LogP contribution in [0.1, 0.15) is 29.8 Å². The van der Waals surface area contributed by atoms with E-state index in [4.69, 9.17) is 9.47 Å². The number of pyridine rings is 1. The highest BCUT2D eigenvalue weighted by Crippen LogP contribution is 2.31. The Hall–Kier alpha value is -2.50. The first-order valence-electron chi connectivity index (χ1n) is 7.80. The summed E-state index contributed by atoms with van der Waals surface area (Å²) in [5.41, 5.74) is 2.29. The van der Waals surface area contributed by atoms with Crippen molar-refractivity contribution in [3.05, 3.63) is 30.1 Å². The number of hydrogen-bond acceptors (Lipinski definition) is 4. The highest BCUT2D eigenvalue weighted by atomic mass is 16.5. The fourth-order valence-electron chi connectivity index (χ4n) is 2.85. The molecule has 0 unspecified atom stereocenters. The van der Waals surface area contributed by atoms with E-state index in [2.05, 4.69) is 9.97 Å². The van der Waals surface area contributed by atoms with E-state index >= 15 is 0 Å². The maximum Gasteiger partial charge on any atom is 0.270 e. The number of likely N-dealkylation sites (tertiary alicyclic amines) is 1. The number of ether oxygens (including phenoxy) is 2. The third-order valence-corrected chi connectivity index (χ3v) is 4.10. The van der Waals surface area contributed by atoms with Gasteiger partial charge in [-0.2, -0.15) is 4.98 Å². The number of piperidine rings is 1. The second kappa shape index (κ2) is 6.73. The third-order valence-electron chi connectivity index (χ3n) is 4.10. The molecular formula is C17H21N3O3. The van der Waals surface area contributed by atoms with Crippen molar-refractivity contribution >= 4 is 5.91 Å². The Morgan fingerprint density at radius 3 is 2.65 bits per heavy atom. The van der Waals surface area contributed by atoms with Crippen LogP contribution in [0.25, 0.3) is 11.1 Å². The molecule has 3 heterocycles. The first-order valence-corrected chi connectivity index (χ1v) is 7.80. The normalized spacial score (nSPS) is 14.6. The highest BCUT2D eigenvalue weighted by Gasteiger charge is 2.20. The van der Waals surface area contributed by atoms with Crippen molar-refractivity contribution in [3.8, 4) is 22.9 Å². The molecule has 122 valence electrons. The minimum atomic E-state index is 0.0522. The Balaban J connectivity index is 1.85. The molecule has 1 fully saturated rings. The number of aromatic amines is 1. The molecule has 1 saturated heterocycles. The minimum absolute atomic E-state index is 0.0522. The van der Waals surface area contributed by atoms with Crippen LogP contribution in [-0.2, 0) is 0 Å². The predicted molar refractivity (Wildman–Crippen MR) is 86.9 cm³/mol. The van der Waals surface area contributed by atoms with Crippen LogP contribution in [0.3, 0.4) is 0 Å². The number of carbonyl (C=O) groups is 1. The summed E-state index contributed by atoms with van der Waals surface area (Å²) in [6, 6.07) is 5.50. The topological polar surface area (TPSA) is 67.5 Å². The predicted octanol–water partition coefficient (Wildman–Crippen LogP) is 2.72. The lowest BCUT2D eigenvalue weighted by atomic mass is 10.1. The van der Waals surface area contributed by atoms with Gasteiger partial charge < -0.3 is 19.4 Å². The van der Waals surface area contributed by atoms with Crippen molar-refractivity contribution in [2.24, 2.45) is 0 Å². The van der Waals surface area contributed by atoms with Gasteiger partial charge in [0.2, 0.25) is 11.8 Å². The molecule has 6 heteroatoms. The number of amides is 1. The van der Waals surface area contributed by atoms with E-state index in [0.717, 1.165) is 37.1 Å². The van der Waals surface area contributed by atoms with Crippen LogP contribution in [0.15, 0.2) is 24.4 Å². The van der Waals surface area contributed by atoms with Crippen molar-refractivity contribution in [3.63, 3.8) is 0 Å². The quantitative estimate of drug-likeness (QED) is 0.942. The first kappa shape index (κ1) is 15.4. The first-order chi connectivity index (χ1) is 11.2. The zero-order valence-corrected chi connectivity index (χ0v) is 13.5. The highest BCUT2D eigenvalue weighted by molar-refractivity contribution is 5.94. The van der Waals surface area contributed by atoms with Crippen LogP contribution >= 0.6 is 0 Å². The average molecular weight is 315 g/mol.